The SMILES string of the molecule is CC(C)(C)CC12CC(F)CN1[C@@H]1C[C@@H]1C2. The molecule has 86 valence electrons. The summed E-state index contributed by atoms with van der Waals surface area (Å²) < 4.78 is 13.6. The predicted molar refractivity (Wildman–Crippen MR) is 59.5 cm³/mol. The highest BCUT2D eigenvalue weighted by atomic mass is 19.1. The molecule has 3 aliphatic rings. The number of hydrogen-bond donors (Lipinski definition) is 0. The Morgan fingerprint density at radius 2 is 2.07 bits per heavy atom. The highest BCUT2D eigenvalue weighted by Crippen LogP contribution is 2.59. The fourth-order valence-electron chi connectivity index (χ4n) is 4.24. The molecule has 0 aromatic carbocycles. The summed E-state index contributed by atoms with van der Waals surface area (Å²) in [5.41, 5.74) is 0.574. The summed E-state index contributed by atoms with van der Waals surface area (Å²) >= 11 is 0. The molecule has 2 unspecified atom stereocenters. The van der Waals surface area contributed by atoms with Gasteiger partial charge in [0, 0.05) is 18.1 Å². The van der Waals surface area contributed by atoms with Crippen LogP contribution in [-0.2, 0) is 0 Å². The molecule has 2 heterocycles. The number of fused-ring (bicyclic) bond motifs is 3. The molecule has 0 amide bonds. The van der Waals surface area contributed by atoms with Crippen LogP contribution in [0.5, 0.6) is 0 Å². The van der Waals surface area contributed by atoms with Gasteiger partial charge in [-0.05, 0) is 37.0 Å². The van der Waals surface area contributed by atoms with Crippen molar-refractivity contribution in [3.8, 4) is 0 Å². The van der Waals surface area contributed by atoms with E-state index in [2.05, 4.69) is 25.7 Å². The quantitative estimate of drug-likeness (QED) is 0.644. The summed E-state index contributed by atoms with van der Waals surface area (Å²) in [7, 11) is 0. The molecule has 2 aliphatic heterocycles. The highest BCUT2D eigenvalue weighted by molar-refractivity contribution is 5.17. The average Bonchev–Trinajstić information content (AvgIpc) is 2.59. The van der Waals surface area contributed by atoms with Crippen LogP contribution < -0.4 is 0 Å². The van der Waals surface area contributed by atoms with Crippen LogP contribution in [0.4, 0.5) is 4.39 Å². The van der Waals surface area contributed by atoms with E-state index in [4.69, 9.17) is 0 Å². The molecule has 2 saturated heterocycles. The molecule has 0 aromatic heterocycles. The maximum atomic E-state index is 13.6. The van der Waals surface area contributed by atoms with Gasteiger partial charge in [-0.3, -0.25) is 4.90 Å². The molecule has 0 spiro atoms. The molecule has 0 radical (unpaired) electrons. The van der Waals surface area contributed by atoms with Gasteiger partial charge in [0.1, 0.15) is 6.17 Å². The van der Waals surface area contributed by atoms with Crippen LogP contribution in [0.2, 0.25) is 0 Å². The summed E-state index contributed by atoms with van der Waals surface area (Å²) in [4.78, 5) is 2.52. The molecule has 1 aliphatic carbocycles. The number of rotatable bonds is 1. The Kier molecular flexibility index (Phi) is 1.86. The first-order valence-corrected chi connectivity index (χ1v) is 6.31. The molecule has 1 nitrogen and oxygen atoms in total. The third-order valence-electron chi connectivity index (χ3n) is 4.39. The third-order valence-corrected chi connectivity index (χ3v) is 4.39. The van der Waals surface area contributed by atoms with Crippen LogP contribution in [-0.4, -0.2) is 29.2 Å². The Balaban J connectivity index is 1.83. The minimum Gasteiger partial charge on any atom is -0.291 e. The van der Waals surface area contributed by atoms with Crippen molar-refractivity contribution < 1.29 is 4.39 Å². The number of alkyl halides is 1. The molecule has 3 fully saturated rings. The molecule has 1 saturated carbocycles. The van der Waals surface area contributed by atoms with Gasteiger partial charge in [0.25, 0.3) is 0 Å². The van der Waals surface area contributed by atoms with Gasteiger partial charge in [-0.15, -0.1) is 0 Å². The van der Waals surface area contributed by atoms with Gasteiger partial charge >= 0.3 is 0 Å². The summed E-state index contributed by atoms with van der Waals surface area (Å²) in [5.74, 6) is 0.917. The standard InChI is InChI=1S/C13H22FN/c1-12(2,3)8-13-5-9-4-11(9)15(13)7-10(14)6-13/h9-11H,4-8H2,1-3H3/t9-,10?,11-,13?/m1/s1. The average molecular weight is 211 g/mol. The smallest absolute Gasteiger partial charge is 0.115 e. The van der Waals surface area contributed by atoms with Crippen molar-refractivity contribution in [2.75, 3.05) is 6.54 Å². The molecule has 3 rings (SSSR count). The lowest BCUT2D eigenvalue weighted by Gasteiger charge is -2.39. The lowest BCUT2D eigenvalue weighted by molar-refractivity contribution is 0.105. The van der Waals surface area contributed by atoms with Gasteiger partial charge in [0.2, 0.25) is 0 Å². The molecule has 0 N–H and O–H groups in total. The normalized spacial score (nSPS) is 49.2. The fraction of sp³-hybridized carbons (Fsp3) is 1.00. The van der Waals surface area contributed by atoms with Gasteiger partial charge < -0.3 is 0 Å². The van der Waals surface area contributed by atoms with Crippen LogP contribution in [0.1, 0.15) is 46.5 Å². The van der Waals surface area contributed by atoms with Gasteiger partial charge in [-0.25, -0.2) is 4.39 Å². The van der Waals surface area contributed by atoms with Crippen LogP contribution in [0.25, 0.3) is 0 Å². The first-order chi connectivity index (χ1) is 6.90. The van der Waals surface area contributed by atoms with E-state index in [1.54, 1.807) is 0 Å². The van der Waals surface area contributed by atoms with E-state index in [1.165, 1.54) is 19.3 Å². The second kappa shape index (κ2) is 2.77. The van der Waals surface area contributed by atoms with Crippen LogP contribution in [0.15, 0.2) is 0 Å². The van der Waals surface area contributed by atoms with Crippen molar-refractivity contribution in [1.29, 1.82) is 0 Å². The van der Waals surface area contributed by atoms with E-state index in [1.807, 2.05) is 0 Å². The number of nitrogens with zero attached hydrogens (tertiary/aromatic N) is 1. The summed E-state index contributed by atoms with van der Waals surface area (Å²) in [6.07, 6.45) is 4.03. The Bertz CT molecular complexity index is 279. The molecule has 2 heteroatoms. The largest absolute Gasteiger partial charge is 0.291 e. The van der Waals surface area contributed by atoms with E-state index >= 15 is 0 Å². The zero-order valence-electron chi connectivity index (χ0n) is 10.1. The van der Waals surface area contributed by atoms with E-state index < -0.39 is 6.17 Å². The van der Waals surface area contributed by atoms with Crippen molar-refractivity contribution in [3.05, 3.63) is 0 Å². The van der Waals surface area contributed by atoms with Crippen molar-refractivity contribution in [3.63, 3.8) is 0 Å². The van der Waals surface area contributed by atoms with Gasteiger partial charge in [0.05, 0.1) is 0 Å². The maximum Gasteiger partial charge on any atom is 0.115 e. The van der Waals surface area contributed by atoms with Crippen molar-refractivity contribution in [2.24, 2.45) is 11.3 Å². The second-order valence-corrected chi connectivity index (χ2v) is 7.18. The van der Waals surface area contributed by atoms with Gasteiger partial charge in [0.15, 0.2) is 0 Å². The first-order valence-electron chi connectivity index (χ1n) is 6.31. The number of hydrogen-bond acceptors (Lipinski definition) is 1. The van der Waals surface area contributed by atoms with Crippen molar-refractivity contribution >= 4 is 0 Å². The zero-order valence-corrected chi connectivity index (χ0v) is 10.1. The molecular formula is C13H22FN. The minimum atomic E-state index is -0.561. The van der Waals surface area contributed by atoms with Crippen LogP contribution in [0.3, 0.4) is 0 Å². The van der Waals surface area contributed by atoms with Crippen molar-refractivity contribution in [1.82, 2.24) is 4.90 Å². The Morgan fingerprint density at radius 3 is 2.73 bits per heavy atom. The monoisotopic (exact) mass is 211 g/mol. The highest BCUT2D eigenvalue weighted by Gasteiger charge is 2.63. The van der Waals surface area contributed by atoms with Crippen LogP contribution >= 0.6 is 0 Å². The summed E-state index contributed by atoms with van der Waals surface area (Å²) in [5, 5.41) is 0. The zero-order chi connectivity index (χ0) is 10.8. The summed E-state index contributed by atoms with van der Waals surface area (Å²) in [6, 6.07) is 0.758. The Hall–Kier alpha value is -0.110. The van der Waals surface area contributed by atoms with Crippen LogP contribution in [0, 0.1) is 11.3 Å². The molecule has 0 bridgehead atoms. The second-order valence-electron chi connectivity index (χ2n) is 7.18. The molecular weight excluding hydrogens is 189 g/mol. The van der Waals surface area contributed by atoms with E-state index in [0.717, 1.165) is 24.9 Å². The van der Waals surface area contributed by atoms with E-state index in [-0.39, 0.29) is 5.54 Å². The number of halogens is 1. The number of piperidine rings is 1. The minimum absolute atomic E-state index is 0.241. The van der Waals surface area contributed by atoms with Gasteiger partial charge in [-0.1, -0.05) is 20.8 Å². The first kappa shape index (κ1) is 10.1. The Morgan fingerprint density at radius 1 is 1.33 bits per heavy atom. The van der Waals surface area contributed by atoms with Gasteiger partial charge in [-0.2, -0.15) is 0 Å². The summed E-state index contributed by atoms with van der Waals surface area (Å²) in [6.45, 7) is 7.58. The van der Waals surface area contributed by atoms with Crippen molar-refractivity contribution in [2.45, 2.75) is 64.2 Å². The fourth-order valence-corrected chi connectivity index (χ4v) is 4.24. The lowest BCUT2D eigenvalue weighted by atomic mass is 9.76. The topological polar surface area (TPSA) is 3.24 Å². The Labute approximate surface area is 92.0 Å². The van der Waals surface area contributed by atoms with E-state index in [0.29, 0.717) is 5.41 Å². The third kappa shape index (κ3) is 1.52. The molecule has 0 aromatic rings. The lowest BCUT2D eigenvalue weighted by Crippen LogP contribution is -2.43. The van der Waals surface area contributed by atoms with E-state index in [9.17, 15) is 4.39 Å². The predicted octanol–water partition coefficient (Wildman–Crippen LogP) is 3.00. The molecule has 15 heavy (non-hydrogen) atoms. The maximum absolute atomic E-state index is 13.6. The molecule has 4 atom stereocenters.